The number of thiophene rings is 1. The summed E-state index contributed by atoms with van der Waals surface area (Å²) < 4.78 is 27.8. The molecule has 0 saturated carbocycles. The topological polar surface area (TPSA) is 69.2 Å². The molecule has 0 amide bonds. The average Bonchev–Trinajstić information content (AvgIpc) is 3.23. The first-order valence-corrected chi connectivity index (χ1v) is 11.4. The number of nitrogens with zero attached hydrogens (tertiary/aromatic N) is 3. The van der Waals surface area contributed by atoms with Crippen molar-refractivity contribution in [3.63, 3.8) is 0 Å². The standard InChI is InChI=1S/C19H18ClN3O2S2/c1-2-17-21-16-9-10-23(27(24,25)18-4-3-11-26-18)12-15(16)19(22-17)13-5-7-14(20)8-6-13/h3-8,11H,2,9-10,12H2,1H3. The molecule has 0 aliphatic carbocycles. The summed E-state index contributed by atoms with van der Waals surface area (Å²) in [7, 11) is -3.51. The van der Waals surface area contributed by atoms with Crippen molar-refractivity contribution in [2.45, 2.75) is 30.5 Å². The summed E-state index contributed by atoms with van der Waals surface area (Å²) >= 11 is 7.26. The maximum atomic E-state index is 13.0. The van der Waals surface area contributed by atoms with Crippen LogP contribution in [0.5, 0.6) is 0 Å². The molecule has 0 spiro atoms. The Morgan fingerprint density at radius 3 is 2.70 bits per heavy atom. The Hall–Kier alpha value is -1.64. The SMILES string of the molecule is CCc1nc2c(c(-c3ccc(Cl)cc3)n1)CN([S+](=O)([O-])c1cccs1)CC2. The maximum Gasteiger partial charge on any atom is 0.229 e. The van der Waals surface area contributed by atoms with Gasteiger partial charge in [0.2, 0.25) is 4.21 Å². The van der Waals surface area contributed by atoms with Crippen LogP contribution in [0.2, 0.25) is 5.02 Å². The van der Waals surface area contributed by atoms with E-state index in [1.807, 2.05) is 31.2 Å². The Kier molecular flexibility index (Phi) is 5.13. The minimum Gasteiger partial charge on any atom is -0.592 e. The predicted octanol–water partition coefficient (Wildman–Crippen LogP) is 4.38. The summed E-state index contributed by atoms with van der Waals surface area (Å²) in [6.07, 6.45) is 1.31. The van der Waals surface area contributed by atoms with E-state index in [4.69, 9.17) is 16.6 Å². The van der Waals surface area contributed by atoms with Gasteiger partial charge < -0.3 is 4.55 Å². The predicted molar refractivity (Wildman–Crippen MR) is 107 cm³/mol. The highest BCUT2D eigenvalue weighted by molar-refractivity contribution is 7.97. The normalized spacial score (nSPS) is 16.7. The third-order valence-corrected chi connectivity index (χ3v) is 8.06. The van der Waals surface area contributed by atoms with Gasteiger partial charge in [-0.25, -0.2) is 9.97 Å². The van der Waals surface area contributed by atoms with Crippen LogP contribution in [0, 0.1) is 0 Å². The van der Waals surface area contributed by atoms with E-state index in [1.54, 1.807) is 17.5 Å². The van der Waals surface area contributed by atoms with E-state index >= 15 is 0 Å². The van der Waals surface area contributed by atoms with Gasteiger partial charge in [0.15, 0.2) is 10.4 Å². The monoisotopic (exact) mass is 419 g/mol. The highest BCUT2D eigenvalue weighted by Gasteiger charge is 2.36. The number of benzene rings is 1. The Bertz CT molecular complexity index is 1010. The molecule has 8 heteroatoms. The van der Waals surface area contributed by atoms with Crippen molar-refractivity contribution in [2.24, 2.45) is 0 Å². The van der Waals surface area contributed by atoms with Crippen molar-refractivity contribution in [3.05, 3.63) is 63.9 Å². The Balaban J connectivity index is 1.78. The van der Waals surface area contributed by atoms with Crippen LogP contribution in [0.3, 0.4) is 0 Å². The van der Waals surface area contributed by atoms with Crippen molar-refractivity contribution < 1.29 is 8.76 Å². The molecule has 2 aromatic heterocycles. The summed E-state index contributed by atoms with van der Waals surface area (Å²) in [4.78, 5) is 9.37. The fourth-order valence-corrected chi connectivity index (χ4v) is 5.87. The molecule has 140 valence electrons. The quantitative estimate of drug-likeness (QED) is 0.588. The molecule has 0 saturated heterocycles. The third-order valence-electron chi connectivity index (χ3n) is 4.59. The molecule has 3 aromatic rings. The highest BCUT2D eigenvalue weighted by atomic mass is 35.5. The zero-order chi connectivity index (χ0) is 19.0. The lowest BCUT2D eigenvalue weighted by atomic mass is 10.00. The molecule has 3 heterocycles. The van der Waals surface area contributed by atoms with Crippen LogP contribution < -0.4 is 0 Å². The van der Waals surface area contributed by atoms with Gasteiger partial charge in [0.05, 0.1) is 24.5 Å². The summed E-state index contributed by atoms with van der Waals surface area (Å²) in [6, 6.07) is 10.9. The fourth-order valence-electron chi connectivity index (χ4n) is 3.19. The van der Waals surface area contributed by atoms with Crippen molar-refractivity contribution in [2.75, 3.05) is 6.54 Å². The van der Waals surface area contributed by atoms with Gasteiger partial charge in [-0.3, -0.25) is 0 Å². The number of aryl methyl sites for hydroxylation is 1. The van der Waals surface area contributed by atoms with Crippen molar-refractivity contribution in [3.8, 4) is 11.3 Å². The molecule has 4 rings (SSSR count). The summed E-state index contributed by atoms with van der Waals surface area (Å²) in [5.41, 5.74) is 3.52. The first kappa shape index (κ1) is 18.7. The molecular weight excluding hydrogens is 402 g/mol. The lowest BCUT2D eigenvalue weighted by molar-refractivity contribution is 0.338. The molecule has 1 unspecified atom stereocenters. The number of fused-ring (bicyclic) bond motifs is 1. The van der Waals surface area contributed by atoms with Crippen molar-refractivity contribution in [1.82, 2.24) is 14.3 Å². The number of hydrogen-bond acceptors (Lipinski definition) is 5. The van der Waals surface area contributed by atoms with Gasteiger partial charge in [0.1, 0.15) is 5.82 Å². The molecule has 5 nitrogen and oxygen atoms in total. The van der Waals surface area contributed by atoms with E-state index < -0.39 is 10.4 Å². The second kappa shape index (κ2) is 7.41. The first-order chi connectivity index (χ1) is 13.0. The van der Waals surface area contributed by atoms with Gasteiger partial charge in [-0.1, -0.05) is 46.2 Å². The van der Waals surface area contributed by atoms with Crippen LogP contribution in [0.4, 0.5) is 0 Å². The minimum absolute atomic E-state index is 0.275. The molecule has 27 heavy (non-hydrogen) atoms. The Morgan fingerprint density at radius 1 is 1.26 bits per heavy atom. The van der Waals surface area contributed by atoms with E-state index in [0.29, 0.717) is 22.2 Å². The van der Waals surface area contributed by atoms with E-state index in [2.05, 4.69) is 4.98 Å². The number of halogens is 1. The van der Waals surface area contributed by atoms with E-state index in [1.165, 1.54) is 15.6 Å². The lowest BCUT2D eigenvalue weighted by Gasteiger charge is -2.31. The molecule has 0 N–H and O–H groups in total. The number of rotatable bonds is 4. The van der Waals surface area contributed by atoms with Crippen LogP contribution in [-0.4, -0.2) is 25.4 Å². The molecule has 1 atom stereocenters. The van der Waals surface area contributed by atoms with E-state index in [9.17, 15) is 8.76 Å². The summed E-state index contributed by atoms with van der Waals surface area (Å²) in [6.45, 7) is 2.72. The Morgan fingerprint density at radius 2 is 2.04 bits per heavy atom. The molecule has 1 aliphatic heterocycles. The fraction of sp³-hybridized carbons (Fsp3) is 0.263. The molecule has 0 fully saturated rings. The van der Waals surface area contributed by atoms with Crippen molar-refractivity contribution in [1.29, 1.82) is 0 Å². The van der Waals surface area contributed by atoms with Gasteiger partial charge in [-0.2, -0.15) is 0 Å². The first-order valence-electron chi connectivity index (χ1n) is 8.67. The molecule has 0 bridgehead atoms. The summed E-state index contributed by atoms with van der Waals surface area (Å²) in [5, 5.41) is 2.43. The molecule has 0 radical (unpaired) electrons. The van der Waals surface area contributed by atoms with Gasteiger partial charge in [0.25, 0.3) is 0 Å². The van der Waals surface area contributed by atoms with Crippen molar-refractivity contribution >= 4 is 33.3 Å². The van der Waals surface area contributed by atoms with Crippen LogP contribution in [0.1, 0.15) is 24.0 Å². The second-order valence-corrected chi connectivity index (χ2v) is 9.84. The Labute approximate surface area is 168 Å². The zero-order valence-electron chi connectivity index (χ0n) is 14.7. The smallest absolute Gasteiger partial charge is 0.229 e. The second-order valence-electron chi connectivity index (χ2n) is 6.29. The van der Waals surface area contributed by atoms with Crippen LogP contribution in [0.25, 0.3) is 11.3 Å². The van der Waals surface area contributed by atoms with Gasteiger partial charge in [-0.05, 0) is 23.6 Å². The van der Waals surface area contributed by atoms with Crippen LogP contribution in [0.15, 0.2) is 46.0 Å². The van der Waals surface area contributed by atoms with E-state index in [-0.39, 0.29) is 6.54 Å². The molecule has 1 aliphatic rings. The van der Waals surface area contributed by atoms with Gasteiger partial charge in [0, 0.05) is 35.1 Å². The highest BCUT2D eigenvalue weighted by Crippen LogP contribution is 2.34. The number of aromatic nitrogens is 2. The lowest BCUT2D eigenvalue weighted by Crippen LogP contribution is -2.40. The minimum atomic E-state index is -3.51. The van der Waals surface area contributed by atoms with Crippen LogP contribution in [-0.2, 0) is 34.0 Å². The zero-order valence-corrected chi connectivity index (χ0v) is 17.1. The molecule has 1 aromatic carbocycles. The van der Waals surface area contributed by atoms with Gasteiger partial charge >= 0.3 is 0 Å². The summed E-state index contributed by atoms with van der Waals surface area (Å²) in [5.74, 6) is 0.772. The number of sulfonamides is 1. The van der Waals surface area contributed by atoms with Gasteiger partial charge in [-0.15, -0.1) is 4.31 Å². The van der Waals surface area contributed by atoms with E-state index in [0.717, 1.165) is 34.8 Å². The maximum absolute atomic E-state index is 13.0. The average molecular weight is 420 g/mol. The number of hydrogen-bond donors (Lipinski definition) is 0. The third kappa shape index (κ3) is 3.58. The van der Waals surface area contributed by atoms with Crippen LogP contribution >= 0.6 is 22.9 Å². The molecular formula is C19H18ClN3O2S2. The largest absolute Gasteiger partial charge is 0.592 e.